The Kier molecular flexibility index (Phi) is 6.37. The molecule has 0 aromatic carbocycles. The molecule has 0 saturated carbocycles. The lowest BCUT2D eigenvalue weighted by molar-refractivity contribution is -0.171. The molecule has 0 aliphatic carbocycles. The van der Waals surface area contributed by atoms with Crippen LogP contribution in [0.4, 0.5) is 13.2 Å². The predicted octanol–water partition coefficient (Wildman–Crippen LogP) is 3.46. The highest BCUT2D eigenvalue weighted by Crippen LogP contribution is 2.19. The molecule has 0 fully saturated rings. The van der Waals surface area contributed by atoms with Gasteiger partial charge in [-0.3, -0.25) is 4.79 Å². The average molecular weight is 261 g/mol. The maximum absolute atomic E-state index is 11.7. The van der Waals surface area contributed by atoms with Gasteiger partial charge in [0.25, 0.3) is 0 Å². The molecule has 0 amide bonds. The van der Waals surface area contributed by atoms with E-state index >= 15 is 0 Å². The summed E-state index contributed by atoms with van der Waals surface area (Å²) >= 11 is 3.22. The topological polar surface area (TPSA) is 17.1 Å². The standard InChI is InChI=1S/C8H12BrF3O/c9-6-4-2-1-3-5-7(13)8(10,11)12/h1-6H2. The second kappa shape index (κ2) is 6.40. The molecule has 0 N–H and O–H groups in total. The molecule has 0 aromatic heterocycles. The largest absolute Gasteiger partial charge is 0.449 e. The first-order valence-corrected chi connectivity index (χ1v) is 5.26. The van der Waals surface area contributed by atoms with E-state index in [1.165, 1.54) is 0 Å². The molecule has 0 spiro atoms. The fourth-order valence-electron chi connectivity index (χ4n) is 0.875. The summed E-state index contributed by atoms with van der Waals surface area (Å²) in [6.07, 6.45) is -2.17. The number of Topliss-reactive ketones (excluding diaryl/α,β-unsaturated/α-hetero) is 1. The van der Waals surface area contributed by atoms with Crippen LogP contribution in [0.25, 0.3) is 0 Å². The lowest BCUT2D eigenvalue weighted by Gasteiger charge is -2.03. The number of unbranched alkanes of at least 4 members (excludes halogenated alkanes) is 3. The van der Waals surface area contributed by atoms with Gasteiger partial charge in [0, 0.05) is 11.8 Å². The van der Waals surface area contributed by atoms with Gasteiger partial charge in [-0.25, -0.2) is 0 Å². The van der Waals surface area contributed by atoms with Crippen molar-refractivity contribution in [3.63, 3.8) is 0 Å². The highest BCUT2D eigenvalue weighted by molar-refractivity contribution is 9.09. The Morgan fingerprint density at radius 1 is 1.08 bits per heavy atom. The van der Waals surface area contributed by atoms with Crippen molar-refractivity contribution in [1.82, 2.24) is 0 Å². The van der Waals surface area contributed by atoms with Gasteiger partial charge in [-0.2, -0.15) is 13.2 Å². The van der Waals surface area contributed by atoms with Gasteiger partial charge in [0.15, 0.2) is 0 Å². The van der Waals surface area contributed by atoms with Crippen molar-refractivity contribution < 1.29 is 18.0 Å². The van der Waals surface area contributed by atoms with Gasteiger partial charge in [0.2, 0.25) is 5.78 Å². The smallest absolute Gasteiger partial charge is 0.290 e. The molecule has 0 aromatic rings. The van der Waals surface area contributed by atoms with Crippen molar-refractivity contribution in [2.75, 3.05) is 5.33 Å². The van der Waals surface area contributed by atoms with Gasteiger partial charge in [-0.05, 0) is 12.8 Å². The summed E-state index contributed by atoms with van der Waals surface area (Å²) in [5.41, 5.74) is 0. The Balaban J connectivity index is 3.38. The molecule has 0 saturated heterocycles. The molecule has 78 valence electrons. The second-order valence-electron chi connectivity index (χ2n) is 2.77. The number of alkyl halides is 4. The normalized spacial score (nSPS) is 11.7. The third kappa shape index (κ3) is 7.05. The first kappa shape index (κ1) is 12.9. The predicted molar refractivity (Wildman–Crippen MR) is 47.9 cm³/mol. The van der Waals surface area contributed by atoms with Gasteiger partial charge in [-0.1, -0.05) is 28.8 Å². The summed E-state index contributed by atoms with van der Waals surface area (Å²) in [5.74, 6) is -1.61. The summed E-state index contributed by atoms with van der Waals surface area (Å²) in [6, 6.07) is 0. The number of hydrogen-bond acceptors (Lipinski definition) is 1. The van der Waals surface area contributed by atoms with E-state index in [1.807, 2.05) is 0 Å². The average Bonchev–Trinajstić information content (AvgIpc) is 2.02. The van der Waals surface area contributed by atoms with Crippen molar-refractivity contribution in [2.24, 2.45) is 0 Å². The fraction of sp³-hybridized carbons (Fsp3) is 0.875. The van der Waals surface area contributed by atoms with Crippen LogP contribution in [0.5, 0.6) is 0 Å². The third-order valence-corrected chi connectivity index (χ3v) is 2.16. The van der Waals surface area contributed by atoms with E-state index in [2.05, 4.69) is 15.9 Å². The summed E-state index contributed by atoms with van der Waals surface area (Å²) in [7, 11) is 0. The molecule has 0 bridgehead atoms. The van der Waals surface area contributed by atoms with E-state index in [9.17, 15) is 18.0 Å². The highest BCUT2D eigenvalue weighted by Gasteiger charge is 2.36. The van der Waals surface area contributed by atoms with Crippen LogP contribution in [0.15, 0.2) is 0 Å². The van der Waals surface area contributed by atoms with Gasteiger partial charge in [0.1, 0.15) is 0 Å². The molecule has 0 radical (unpaired) electrons. The lowest BCUT2D eigenvalue weighted by atomic mass is 10.1. The Bertz CT molecular complexity index is 156. The molecule has 0 heterocycles. The van der Waals surface area contributed by atoms with Crippen LogP contribution >= 0.6 is 15.9 Å². The van der Waals surface area contributed by atoms with Crippen LogP contribution in [0, 0.1) is 0 Å². The molecule has 13 heavy (non-hydrogen) atoms. The van der Waals surface area contributed by atoms with Crippen LogP contribution in [0.1, 0.15) is 32.1 Å². The van der Waals surface area contributed by atoms with Crippen LogP contribution < -0.4 is 0 Å². The summed E-state index contributed by atoms with van der Waals surface area (Å²) in [5, 5.41) is 0.861. The SMILES string of the molecule is O=C(CCCCCCBr)C(F)(F)F. The van der Waals surface area contributed by atoms with E-state index in [0.29, 0.717) is 12.8 Å². The van der Waals surface area contributed by atoms with E-state index in [4.69, 9.17) is 0 Å². The minimum Gasteiger partial charge on any atom is -0.290 e. The number of carbonyl (C=O) groups excluding carboxylic acids is 1. The Labute approximate surface area is 83.8 Å². The first-order chi connectivity index (χ1) is 5.98. The second-order valence-corrected chi connectivity index (χ2v) is 3.57. The Morgan fingerprint density at radius 2 is 1.62 bits per heavy atom. The molecule has 0 atom stereocenters. The van der Waals surface area contributed by atoms with Crippen LogP contribution in [0.2, 0.25) is 0 Å². The molecule has 0 rings (SSSR count). The van der Waals surface area contributed by atoms with Gasteiger partial charge in [-0.15, -0.1) is 0 Å². The number of rotatable bonds is 6. The van der Waals surface area contributed by atoms with Crippen molar-refractivity contribution >= 4 is 21.7 Å². The maximum atomic E-state index is 11.7. The lowest BCUT2D eigenvalue weighted by Crippen LogP contribution is -2.22. The number of ketones is 1. The summed E-state index contributed by atoms with van der Waals surface area (Å²) < 4.78 is 35.0. The summed E-state index contributed by atoms with van der Waals surface area (Å²) in [6.45, 7) is 0. The molecule has 5 heteroatoms. The van der Waals surface area contributed by atoms with E-state index in [1.54, 1.807) is 0 Å². The molecule has 0 aliphatic rings. The molecular formula is C8H12BrF3O. The number of halogens is 4. The Hall–Kier alpha value is -0.0600. The maximum Gasteiger partial charge on any atom is 0.449 e. The Morgan fingerprint density at radius 3 is 2.08 bits per heavy atom. The minimum absolute atomic E-state index is 0.339. The number of hydrogen-bond donors (Lipinski definition) is 0. The third-order valence-electron chi connectivity index (χ3n) is 1.60. The zero-order valence-corrected chi connectivity index (χ0v) is 8.75. The van der Waals surface area contributed by atoms with Crippen molar-refractivity contribution in [2.45, 2.75) is 38.3 Å². The molecule has 0 unspecified atom stereocenters. The van der Waals surface area contributed by atoms with Gasteiger partial charge in [0.05, 0.1) is 0 Å². The van der Waals surface area contributed by atoms with E-state index in [0.717, 1.165) is 18.2 Å². The van der Waals surface area contributed by atoms with Crippen molar-refractivity contribution in [1.29, 1.82) is 0 Å². The van der Waals surface area contributed by atoms with Crippen molar-refractivity contribution in [3.05, 3.63) is 0 Å². The fourth-order valence-corrected chi connectivity index (χ4v) is 1.27. The van der Waals surface area contributed by atoms with Crippen LogP contribution in [0.3, 0.4) is 0 Å². The number of carbonyl (C=O) groups is 1. The van der Waals surface area contributed by atoms with Gasteiger partial charge < -0.3 is 0 Å². The molecule has 1 nitrogen and oxygen atoms in total. The zero-order chi connectivity index (χ0) is 10.3. The minimum atomic E-state index is -4.64. The monoisotopic (exact) mass is 260 g/mol. The highest BCUT2D eigenvalue weighted by atomic mass is 79.9. The summed E-state index contributed by atoms with van der Waals surface area (Å²) in [4.78, 5) is 10.4. The molecule has 0 aliphatic heterocycles. The van der Waals surface area contributed by atoms with Crippen LogP contribution in [-0.4, -0.2) is 17.3 Å². The quantitative estimate of drug-likeness (QED) is 0.528. The molecular weight excluding hydrogens is 249 g/mol. The zero-order valence-electron chi connectivity index (χ0n) is 7.16. The first-order valence-electron chi connectivity index (χ1n) is 4.14. The van der Waals surface area contributed by atoms with Gasteiger partial charge >= 0.3 is 6.18 Å². The van der Waals surface area contributed by atoms with E-state index in [-0.39, 0.29) is 6.42 Å². The van der Waals surface area contributed by atoms with E-state index < -0.39 is 12.0 Å². The van der Waals surface area contributed by atoms with Crippen molar-refractivity contribution in [3.8, 4) is 0 Å². The van der Waals surface area contributed by atoms with Crippen LogP contribution in [-0.2, 0) is 4.79 Å².